The van der Waals surface area contributed by atoms with Gasteiger partial charge in [0.05, 0.1) is 6.10 Å². The molecule has 1 aromatic carbocycles. The van der Waals surface area contributed by atoms with E-state index in [4.69, 9.17) is 4.74 Å². The largest absolute Gasteiger partial charge is 0.487 e. The monoisotopic (exact) mass is 183 g/mol. The second-order valence-electron chi connectivity index (χ2n) is 3.19. The van der Waals surface area contributed by atoms with Gasteiger partial charge in [0.2, 0.25) is 0 Å². The molecule has 1 saturated carbocycles. The predicted molar refractivity (Wildman–Crippen MR) is 44.5 cm³/mol. The van der Waals surface area contributed by atoms with Gasteiger partial charge in [-0.15, -0.1) is 0 Å². The van der Waals surface area contributed by atoms with Gasteiger partial charge < -0.3 is 4.74 Å². The van der Waals surface area contributed by atoms with Crippen LogP contribution in [0.15, 0.2) is 12.1 Å². The van der Waals surface area contributed by atoms with E-state index in [9.17, 15) is 8.78 Å². The maximum atomic E-state index is 13.1. The average Bonchev–Trinajstić information content (AvgIpc) is 2.79. The number of hydrogen-bond acceptors (Lipinski definition) is 1. The highest BCUT2D eigenvalue weighted by atomic mass is 19.1. The number of ether oxygens (including phenoxy) is 1. The van der Waals surface area contributed by atoms with Crippen LogP contribution in [0.3, 0.4) is 0 Å². The molecule has 0 bridgehead atoms. The first-order valence-corrected chi connectivity index (χ1v) is 4.14. The van der Waals surface area contributed by atoms with Gasteiger partial charge in [0.25, 0.3) is 0 Å². The lowest BCUT2D eigenvalue weighted by atomic mass is 10.2. The van der Waals surface area contributed by atoms with Gasteiger partial charge in [-0.05, 0) is 25.8 Å². The van der Waals surface area contributed by atoms with Crippen LogP contribution in [0.1, 0.15) is 18.4 Å². The molecule has 3 heteroatoms. The minimum Gasteiger partial charge on any atom is -0.487 e. The first kappa shape index (κ1) is 8.48. The third-order valence-corrected chi connectivity index (χ3v) is 1.89. The maximum absolute atomic E-state index is 13.1. The predicted octanol–water partition coefficient (Wildman–Crippen LogP) is 2.69. The summed E-state index contributed by atoms with van der Waals surface area (Å²) in [6, 6.07) is 1.98. The van der Waals surface area contributed by atoms with Crippen LogP contribution in [0.2, 0.25) is 0 Å². The van der Waals surface area contributed by atoms with E-state index in [2.05, 4.69) is 6.92 Å². The van der Waals surface area contributed by atoms with Crippen molar-refractivity contribution < 1.29 is 13.5 Å². The molecule has 1 nitrogen and oxygen atoms in total. The van der Waals surface area contributed by atoms with Crippen molar-refractivity contribution in [2.75, 3.05) is 0 Å². The van der Waals surface area contributed by atoms with Gasteiger partial charge in [0.1, 0.15) is 5.82 Å². The summed E-state index contributed by atoms with van der Waals surface area (Å²) in [5.41, 5.74) is 0.268. The molecule has 0 unspecified atom stereocenters. The van der Waals surface area contributed by atoms with Gasteiger partial charge in [-0.1, -0.05) is 0 Å². The van der Waals surface area contributed by atoms with E-state index < -0.39 is 11.6 Å². The summed E-state index contributed by atoms with van der Waals surface area (Å²) in [6.07, 6.45) is 1.98. The standard InChI is InChI=1S/C10H9F2O/c1-6-4-7(11)5-9(12)10(6)13-8-2-3-8/h4-5,8H,1-3H2. The molecule has 1 aliphatic carbocycles. The summed E-state index contributed by atoms with van der Waals surface area (Å²) in [5, 5.41) is 0. The molecule has 0 atom stereocenters. The summed E-state index contributed by atoms with van der Waals surface area (Å²) < 4.78 is 31.0. The van der Waals surface area contributed by atoms with Crippen LogP contribution < -0.4 is 4.74 Å². The Balaban J connectivity index is 2.31. The van der Waals surface area contributed by atoms with Crippen molar-refractivity contribution in [3.8, 4) is 5.75 Å². The molecule has 1 fully saturated rings. The zero-order chi connectivity index (χ0) is 9.42. The zero-order valence-corrected chi connectivity index (χ0v) is 7.02. The molecule has 1 aliphatic rings. The van der Waals surface area contributed by atoms with E-state index in [1.54, 1.807) is 0 Å². The van der Waals surface area contributed by atoms with Crippen LogP contribution in [0.25, 0.3) is 0 Å². The molecule has 1 radical (unpaired) electrons. The van der Waals surface area contributed by atoms with E-state index in [1.165, 1.54) is 6.07 Å². The average molecular weight is 183 g/mol. The molecular formula is C10H9F2O. The van der Waals surface area contributed by atoms with E-state index >= 15 is 0 Å². The van der Waals surface area contributed by atoms with Crippen LogP contribution >= 0.6 is 0 Å². The van der Waals surface area contributed by atoms with E-state index in [-0.39, 0.29) is 17.4 Å². The molecule has 69 valence electrons. The fraction of sp³-hybridized carbons (Fsp3) is 0.300. The molecule has 0 amide bonds. The molecule has 0 N–H and O–H groups in total. The molecule has 13 heavy (non-hydrogen) atoms. The van der Waals surface area contributed by atoms with Crippen molar-refractivity contribution in [3.05, 3.63) is 36.3 Å². The quantitative estimate of drug-likeness (QED) is 0.684. The number of benzene rings is 1. The minimum atomic E-state index is -0.670. The highest BCUT2D eigenvalue weighted by Gasteiger charge is 2.25. The van der Waals surface area contributed by atoms with Gasteiger partial charge in [0.15, 0.2) is 11.6 Å². The van der Waals surface area contributed by atoms with Crippen molar-refractivity contribution in [2.24, 2.45) is 0 Å². The topological polar surface area (TPSA) is 9.23 Å². The van der Waals surface area contributed by atoms with Crippen molar-refractivity contribution >= 4 is 0 Å². The van der Waals surface area contributed by atoms with Crippen LogP contribution in [0.5, 0.6) is 5.75 Å². The highest BCUT2D eigenvalue weighted by Crippen LogP contribution is 2.31. The first-order valence-electron chi connectivity index (χ1n) is 4.14. The van der Waals surface area contributed by atoms with Crippen molar-refractivity contribution in [2.45, 2.75) is 18.9 Å². The number of halogens is 2. The van der Waals surface area contributed by atoms with Gasteiger partial charge in [-0.3, -0.25) is 0 Å². The normalized spacial score (nSPS) is 15.9. The molecule has 0 heterocycles. The molecular weight excluding hydrogens is 174 g/mol. The van der Waals surface area contributed by atoms with Crippen LogP contribution in [0.4, 0.5) is 8.78 Å². The van der Waals surface area contributed by atoms with Gasteiger partial charge in [-0.2, -0.15) is 0 Å². The Hall–Kier alpha value is -1.12. The lowest BCUT2D eigenvalue weighted by Crippen LogP contribution is -2.01. The third kappa shape index (κ3) is 1.79. The lowest BCUT2D eigenvalue weighted by molar-refractivity contribution is 0.285. The molecule has 1 aromatic rings. The van der Waals surface area contributed by atoms with E-state index in [1.807, 2.05) is 0 Å². The van der Waals surface area contributed by atoms with Crippen molar-refractivity contribution in [1.82, 2.24) is 0 Å². The molecule has 0 spiro atoms. The SMILES string of the molecule is [CH2]c1cc(F)cc(F)c1OC1CC1. The summed E-state index contributed by atoms with van der Waals surface area (Å²) in [4.78, 5) is 0. The summed E-state index contributed by atoms with van der Waals surface area (Å²) in [7, 11) is 0. The Kier molecular flexibility index (Phi) is 1.94. The third-order valence-electron chi connectivity index (χ3n) is 1.89. The molecule has 2 rings (SSSR count). The van der Waals surface area contributed by atoms with Crippen molar-refractivity contribution in [3.63, 3.8) is 0 Å². The van der Waals surface area contributed by atoms with Crippen LogP contribution in [-0.4, -0.2) is 6.10 Å². The Morgan fingerprint density at radius 3 is 2.54 bits per heavy atom. The minimum absolute atomic E-state index is 0.0869. The lowest BCUT2D eigenvalue weighted by Gasteiger charge is -2.08. The van der Waals surface area contributed by atoms with Crippen LogP contribution in [0, 0.1) is 18.6 Å². The molecule has 0 aromatic heterocycles. The second kappa shape index (κ2) is 2.98. The summed E-state index contributed by atoms with van der Waals surface area (Å²) >= 11 is 0. The Morgan fingerprint density at radius 1 is 1.31 bits per heavy atom. The van der Waals surface area contributed by atoms with Crippen LogP contribution in [-0.2, 0) is 0 Å². The fourth-order valence-electron chi connectivity index (χ4n) is 1.10. The number of rotatable bonds is 2. The number of hydrogen-bond donors (Lipinski definition) is 0. The highest BCUT2D eigenvalue weighted by molar-refractivity contribution is 5.38. The Labute approximate surface area is 75.3 Å². The Morgan fingerprint density at radius 2 is 2.00 bits per heavy atom. The van der Waals surface area contributed by atoms with Gasteiger partial charge in [-0.25, -0.2) is 8.78 Å². The molecule has 0 aliphatic heterocycles. The van der Waals surface area contributed by atoms with E-state index in [0.717, 1.165) is 18.9 Å². The summed E-state index contributed by atoms with van der Waals surface area (Å²) in [6.45, 7) is 3.52. The van der Waals surface area contributed by atoms with E-state index in [0.29, 0.717) is 0 Å². The zero-order valence-electron chi connectivity index (χ0n) is 7.02. The maximum Gasteiger partial charge on any atom is 0.168 e. The smallest absolute Gasteiger partial charge is 0.168 e. The molecule has 0 saturated heterocycles. The van der Waals surface area contributed by atoms with Gasteiger partial charge in [0, 0.05) is 11.6 Å². The summed E-state index contributed by atoms with van der Waals surface area (Å²) in [5.74, 6) is -1.20. The Bertz CT molecular complexity index is 309. The second-order valence-corrected chi connectivity index (χ2v) is 3.19. The first-order chi connectivity index (χ1) is 6.16. The van der Waals surface area contributed by atoms with Gasteiger partial charge >= 0.3 is 0 Å². The fourth-order valence-corrected chi connectivity index (χ4v) is 1.10. The van der Waals surface area contributed by atoms with Crippen molar-refractivity contribution in [1.29, 1.82) is 0 Å².